The maximum Gasteiger partial charge on any atom is 0.269 e. The van der Waals surface area contributed by atoms with Crippen LogP contribution in [0.15, 0.2) is 59.8 Å². The molecule has 2 aromatic heterocycles. The second kappa shape index (κ2) is 11.0. The number of aryl methyl sites for hydroxylation is 1. The highest BCUT2D eigenvalue weighted by atomic mass is 32.2. The number of hydrogen-bond donors (Lipinski definition) is 0. The number of benzene rings is 2. The average Bonchev–Trinajstić information content (AvgIpc) is 3.31. The van der Waals surface area contributed by atoms with Gasteiger partial charge in [-0.3, -0.25) is 4.79 Å². The van der Waals surface area contributed by atoms with Gasteiger partial charge in [0.15, 0.2) is 23.0 Å². The van der Waals surface area contributed by atoms with Crippen LogP contribution >= 0.6 is 0 Å². The molecule has 41 heavy (non-hydrogen) atoms. The maximum absolute atomic E-state index is 15.2. The lowest BCUT2D eigenvalue weighted by Gasteiger charge is -2.37. The van der Waals surface area contributed by atoms with E-state index in [1.165, 1.54) is 30.6 Å². The Bertz CT molecular complexity index is 1700. The van der Waals surface area contributed by atoms with E-state index in [-0.39, 0.29) is 45.4 Å². The number of rotatable bonds is 10. The van der Waals surface area contributed by atoms with Crippen molar-refractivity contribution in [2.45, 2.75) is 57.8 Å². The molecular weight excluding hydrogens is 550 g/mol. The van der Waals surface area contributed by atoms with Crippen molar-refractivity contribution in [1.29, 1.82) is 0 Å². The van der Waals surface area contributed by atoms with Crippen molar-refractivity contribution in [3.05, 3.63) is 83.2 Å². The number of hydrogen-bond acceptors (Lipinski definition) is 6. The topological polar surface area (TPSA) is 87.5 Å². The fourth-order valence-corrected chi connectivity index (χ4v) is 6.25. The fourth-order valence-electron chi connectivity index (χ4n) is 4.93. The van der Waals surface area contributed by atoms with Crippen LogP contribution in [0.5, 0.6) is 11.5 Å². The lowest BCUT2D eigenvalue weighted by Crippen LogP contribution is -2.40. The van der Waals surface area contributed by atoms with E-state index in [1.54, 1.807) is 12.1 Å². The molecule has 1 aliphatic rings. The zero-order chi connectivity index (χ0) is 29.5. The summed E-state index contributed by atoms with van der Waals surface area (Å²) in [7, 11) is -4.02. The number of halogens is 2. The van der Waals surface area contributed by atoms with Crippen LogP contribution in [-0.4, -0.2) is 36.4 Å². The van der Waals surface area contributed by atoms with Crippen molar-refractivity contribution in [1.82, 2.24) is 8.96 Å². The van der Waals surface area contributed by atoms with Crippen LogP contribution in [0.3, 0.4) is 0 Å². The molecule has 0 aliphatic carbocycles. The molecule has 7 nitrogen and oxygen atoms in total. The summed E-state index contributed by atoms with van der Waals surface area (Å²) in [6, 6.07) is 10.1. The fraction of sp³-hybridized carbons (Fsp3) is 0.355. The van der Waals surface area contributed by atoms with Gasteiger partial charge in [-0.2, -0.15) is 0 Å². The smallest absolute Gasteiger partial charge is 0.269 e. The normalized spacial score (nSPS) is 14.8. The first-order valence-electron chi connectivity index (χ1n) is 13.5. The molecule has 0 atom stereocenters. The Labute approximate surface area is 238 Å². The number of Topliss-reactive ketones (excluding diaryl/α,β-unsaturated/α-hetero) is 1. The Balaban J connectivity index is 1.46. The highest BCUT2D eigenvalue weighted by molar-refractivity contribution is 7.90. The monoisotopic (exact) mass is 582 g/mol. The third-order valence-electron chi connectivity index (χ3n) is 7.43. The predicted molar refractivity (Wildman–Crippen MR) is 151 cm³/mol. The molecule has 2 aromatic carbocycles. The van der Waals surface area contributed by atoms with Crippen LogP contribution in [0, 0.1) is 24.0 Å². The Morgan fingerprint density at radius 1 is 1.12 bits per heavy atom. The molecule has 0 radical (unpaired) electrons. The van der Waals surface area contributed by atoms with Gasteiger partial charge in [-0.1, -0.05) is 38.5 Å². The standard InChI is InChI=1S/C31H32F2N2O5S/c1-19(2)24-16-35(41(37,38)23-7-5-20(3)6-8-23)30-28(24)27(10-12-34-30)40-29-25(32)14-21(15-26(29)33)13-22(36)9-11-31(4)17-39-18-31/h5-8,10,12,14-16,19H,9,11,13,17-18H2,1-4H3. The van der Waals surface area contributed by atoms with Gasteiger partial charge in [0.2, 0.25) is 0 Å². The van der Waals surface area contributed by atoms with Gasteiger partial charge in [-0.05, 0) is 60.7 Å². The van der Waals surface area contributed by atoms with E-state index < -0.39 is 27.4 Å². The Hall–Kier alpha value is -3.63. The molecule has 216 valence electrons. The van der Waals surface area contributed by atoms with Gasteiger partial charge in [0.1, 0.15) is 11.5 Å². The number of carbonyl (C=O) groups excluding carboxylic acids is 1. The Morgan fingerprint density at radius 2 is 1.78 bits per heavy atom. The molecule has 0 amide bonds. The van der Waals surface area contributed by atoms with Crippen LogP contribution in [-0.2, 0) is 26.0 Å². The molecule has 3 heterocycles. The summed E-state index contributed by atoms with van der Waals surface area (Å²) in [5.74, 6) is -2.77. The van der Waals surface area contributed by atoms with Gasteiger partial charge >= 0.3 is 0 Å². The zero-order valence-electron chi connectivity index (χ0n) is 23.4. The van der Waals surface area contributed by atoms with E-state index in [2.05, 4.69) is 4.98 Å². The number of ketones is 1. The van der Waals surface area contributed by atoms with E-state index in [1.807, 2.05) is 27.7 Å². The van der Waals surface area contributed by atoms with Crippen molar-refractivity contribution in [3.63, 3.8) is 0 Å². The van der Waals surface area contributed by atoms with E-state index in [0.29, 0.717) is 37.0 Å². The lowest BCUT2D eigenvalue weighted by molar-refractivity contribution is -0.125. The van der Waals surface area contributed by atoms with Crippen molar-refractivity contribution < 1.29 is 31.5 Å². The minimum atomic E-state index is -4.02. The average molecular weight is 583 g/mol. The quantitative estimate of drug-likeness (QED) is 0.207. The molecule has 0 bridgehead atoms. The summed E-state index contributed by atoms with van der Waals surface area (Å²) in [5, 5.41) is 0.338. The second-order valence-electron chi connectivity index (χ2n) is 11.4. The first-order chi connectivity index (χ1) is 19.4. The number of nitrogens with zero attached hydrogens (tertiary/aromatic N) is 2. The third kappa shape index (κ3) is 5.76. The van der Waals surface area contributed by atoms with Gasteiger partial charge in [-0.25, -0.2) is 26.2 Å². The first-order valence-corrected chi connectivity index (χ1v) is 14.9. The summed E-state index contributed by atoms with van der Waals surface area (Å²) < 4.78 is 69.5. The van der Waals surface area contributed by atoms with E-state index in [4.69, 9.17) is 9.47 Å². The highest BCUT2D eigenvalue weighted by Crippen LogP contribution is 2.39. The number of aromatic nitrogens is 2. The first kappa shape index (κ1) is 28.9. The summed E-state index contributed by atoms with van der Waals surface area (Å²) in [5.41, 5.74) is 1.78. The Morgan fingerprint density at radius 3 is 2.37 bits per heavy atom. The van der Waals surface area contributed by atoms with E-state index in [9.17, 15) is 13.2 Å². The summed E-state index contributed by atoms with van der Waals surface area (Å²) in [6.45, 7) is 8.87. The molecule has 1 fully saturated rings. The summed E-state index contributed by atoms with van der Waals surface area (Å²) >= 11 is 0. The van der Waals surface area contributed by atoms with Gasteiger partial charge < -0.3 is 9.47 Å². The minimum Gasteiger partial charge on any atom is -0.450 e. The molecule has 1 saturated heterocycles. The van der Waals surface area contributed by atoms with Crippen molar-refractivity contribution in [2.75, 3.05) is 13.2 Å². The molecular formula is C31H32F2N2O5S. The van der Waals surface area contributed by atoms with Crippen LogP contribution in [0.1, 0.15) is 56.2 Å². The number of ether oxygens (including phenoxy) is 2. The lowest BCUT2D eigenvalue weighted by atomic mass is 9.82. The van der Waals surface area contributed by atoms with Gasteiger partial charge in [0.05, 0.1) is 23.5 Å². The number of fused-ring (bicyclic) bond motifs is 1. The van der Waals surface area contributed by atoms with Crippen molar-refractivity contribution >= 4 is 26.8 Å². The van der Waals surface area contributed by atoms with Crippen LogP contribution in [0.4, 0.5) is 8.78 Å². The van der Waals surface area contributed by atoms with Crippen molar-refractivity contribution in [2.24, 2.45) is 5.41 Å². The summed E-state index contributed by atoms with van der Waals surface area (Å²) in [6.07, 6.45) is 3.67. The molecule has 10 heteroatoms. The largest absolute Gasteiger partial charge is 0.450 e. The van der Waals surface area contributed by atoms with E-state index in [0.717, 1.165) is 21.7 Å². The zero-order valence-corrected chi connectivity index (χ0v) is 24.2. The molecule has 0 spiro atoms. The SMILES string of the molecule is Cc1ccc(S(=O)(=O)n2cc(C(C)C)c3c(Oc4c(F)cc(CC(=O)CCC5(C)COC5)cc4F)ccnc32)cc1. The van der Waals surface area contributed by atoms with Gasteiger partial charge in [-0.15, -0.1) is 0 Å². The maximum atomic E-state index is 15.2. The molecule has 4 aromatic rings. The Kier molecular flexibility index (Phi) is 7.74. The van der Waals surface area contributed by atoms with Gasteiger partial charge in [0, 0.05) is 30.7 Å². The van der Waals surface area contributed by atoms with Crippen LogP contribution in [0.25, 0.3) is 11.0 Å². The van der Waals surface area contributed by atoms with Crippen LogP contribution < -0.4 is 4.74 Å². The number of pyridine rings is 1. The molecule has 0 saturated carbocycles. The second-order valence-corrected chi connectivity index (χ2v) is 13.2. The molecule has 1 aliphatic heterocycles. The third-order valence-corrected chi connectivity index (χ3v) is 9.09. The van der Waals surface area contributed by atoms with Crippen molar-refractivity contribution in [3.8, 4) is 11.5 Å². The van der Waals surface area contributed by atoms with Gasteiger partial charge in [0.25, 0.3) is 10.0 Å². The number of carbonyl (C=O) groups is 1. The molecule has 0 unspecified atom stereocenters. The predicted octanol–water partition coefficient (Wildman–Crippen LogP) is 6.70. The van der Waals surface area contributed by atoms with E-state index >= 15 is 8.78 Å². The molecule has 5 rings (SSSR count). The molecule has 0 N–H and O–H groups in total. The minimum absolute atomic E-state index is 0.0208. The summed E-state index contributed by atoms with van der Waals surface area (Å²) in [4.78, 5) is 16.9. The van der Waals surface area contributed by atoms with Crippen LogP contribution in [0.2, 0.25) is 0 Å². The highest BCUT2D eigenvalue weighted by Gasteiger charge is 2.33.